The number of hydrogen-bond acceptors (Lipinski definition) is 4. The van der Waals surface area contributed by atoms with E-state index in [1.54, 1.807) is 13.2 Å². The van der Waals surface area contributed by atoms with Gasteiger partial charge >= 0.3 is 0 Å². The molecule has 0 bridgehead atoms. The van der Waals surface area contributed by atoms with Gasteiger partial charge in [-0.05, 0) is 37.6 Å². The highest BCUT2D eigenvalue weighted by Crippen LogP contribution is 2.21. The lowest BCUT2D eigenvalue weighted by Gasteiger charge is -2.31. The van der Waals surface area contributed by atoms with E-state index in [1.165, 1.54) is 5.56 Å². The molecule has 2 aromatic carbocycles. The Morgan fingerprint density at radius 3 is 2.52 bits per heavy atom. The molecule has 1 aliphatic rings. The number of methoxy groups -OCH3 is 1. The van der Waals surface area contributed by atoms with Gasteiger partial charge in [0.2, 0.25) is 5.91 Å². The lowest BCUT2D eigenvalue weighted by molar-refractivity contribution is -0.117. The maximum atomic E-state index is 12.7. The van der Waals surface area contributed by atoms with Crippen molar-refractivity contribution in [2.45, 2.75) is 19.9 Å². The molecule has 1 saturated heterocycles. The van der Waals surface area contributed by atoms with Crippen molar-refractivity contribution in [1.29, 1.82) is 0 Å². The number of amides is 1. The number of carbonyl (C=O) groups excluding carboxylic acids is 1. The number of hydrogen-bond donors (Lipinski definition) is 1. The zero-order valence-electron chi connectivity index (χ0n) is 17.5. The Morgan fingerprint density at radius 2 is 1.83 bits per heavy atom. The Morgan fingerprint density at radius 1 is 1.14 bits per heavy atom. The van der Waals surface area contributed by atoms with Crippen LogP contribution in [-0.2, 0) is 9.53 Å². The summed E-state index contributed by atoms with van der Waals surface area (Å²) in [6.07, 6.45) is 3.39. The average molecular weight is 395 g/mol. The summed E-state index contributed by atoms with van der Waals surface area (Å²) in [6, 6.07) is 14.2. The van der Waals surface area contributed by atoms with E-state index in [9.17, 15) is 4.79 Å². The summed E-state index contributed by atoms with van der Waals surface area (Å²) >= 11 is 0. The maximum Gasteiger partial charge on any atom is 0.244 e. The second-order valence-electron chi connectivity index (χ2n) is 7.46. The third-order valence-corrected chi connectivity index (χ3v) is 5.14. The molecule has 0 spiro atoms. The van der Waals surface area contributed by atoms with Gasteiger partial charge in [0.1, 0.15) is 5.75 Å². The average Bonchev–Trinajstić information content (AvgIpc) is 2.73. The van der Waals surface area contributed by atoms with Crippen LogP contribution in [0.2, 0.25) is 0 Å². The molecule has 1 heterocycles. The molecule has 1 fully saturated rings. The van der Waals surface area contributed by atoms with Crippen molar-refractivity contribution >= 4 is 12.0 Å². The van der Waals surface area contributed by atoms with Gasteiger partial charge in [-0.25, -0.2) is 0 Å². The van der Waals surface area contributed by atoms with Gasteiger partial charge in [0.05, 0.1) is 26.4 Å². The number of benzene rings is 2. The molecule has 0 saturated carbocycles. The van der Waals surface area contributed by atoms with Gasteiger partial charge in [-0.3, -0.25) is 9.69 Å². The van der Waals surface area contributed by atoms with Crippen LogP contribution in [0.3, 0.4) is 0 Å². The molecule has 0 unspecified atom stereocenters. The van der Waals surface area contributed by atoms with Crippen LogP contribution >= 0.6 is 0 Å². The van der Waals surface area contributed by atoms with E-state index >= 15 is 0 Å². The van der Waals surface area contributed by atoms with E-state index in [4.69, 9.17) is 9.47 Å². The van der Waals surface area contributed by atoms with Crippen LogP contribution in [0.25, 0.3) is 6.08 Å². The Labute approximate surface area is 173 Å². The van der Waals surface area contributed by atoms with Crippen molar-refractivity contribution < 1.29 is 14.3 Å². The fourth-order valence-electron chi connectivity index (χ4n) is 3.44. The van der Waals surface area contributed by atoms with Crippen LogP contribution < -0.4 is 10.1 Å². The van der Waals surface area contributed by atoms with Crippen LogP contribution in [0.5, 0.6) is 5.75 Å². The van der Waals surface area contributed by atoms with E-state index in [2.05, 4.69) is 41.4 Å². The number of carbonyl (C=O) groups is 1. The molecule has 5 nitrogen and oxygen atoms in total. The first-order chi connectivity index (χ1) is 14.0. The highest BCUT2D eigenvalue weighted by molar-refractivity contribution is 5.92. The molecule has 154 valence electrons. The van der Waals surface area contributed by atoms with Crippen LogP contribution in [-0.4, -0.2) is 50.8 Å². The molecule has 0 aliphatic carbocycles. The molecule has 2 aromatic rings. The summed E-state index contributed by atoms with van der Waals surface area (Å²) < 4.78 is 10.8. The van der Waals surface area contributed by atoms with E-state index in [0.717, 1.165) is 55.3 Å². The quantitative estimate of drug-likeness (QED) is 0.730. The first kappa shape index (κ1) is 21.1. The van der Waals surface area contributed by atoms with Crippen molar-refractivity contribution in [3.8, 4) is 5.75 Å². The van der Waals surface area contributed by atoms with Crippen molar-refractivity contribution in [2.75, 3.05) is 40.0 Å². The number of rotatable bonds is 7. The van der Waals surface area contributed by atoms with Crippen molar-refractivity contribution in [1.82, 2.24) is 10.2 Å². The van der Waals surface area contributed by atoms with Gasteiger partial charge in [-0.15, -0.1) is 0 Å². The van der Waals surface area contributed by atoms with Crippen LogP contribution in [0, 0.1) is 13.8 Å². The molecule has 5 heteroatoms. The Hall–Kier alpha value is -2.63. The third kappa shape index (κ3) is 6.17. The summed E-state index contributed by atoms with van der Waals surface area (Å²) in [5.41, 5.74) is 4.33. The number of ether oxygens (including phenoxy) is 2. The summed E-state index contributed by atoms with van der Waals surface area (Å²) in [7, 11) is 1.64. The predicted octanol–water partition coefficient (Wildman–Crippen LogP) is 3.51. The lowest BCUT2D eigenvalue weighted by Crippen LogP contribution is -2.42. The summed E-state index contributed by atoms with van der Waals surface area (Å²) in [4.78, 5) is 15.0. The Bertz CT molecular complexity index is 840. The predicted molar refractivity (Wildman–Crippen MR) is 116 cm³/mol. The lowest BCUT2D eigenvalue weighted by atomic mass is 10.0. The van der Waals surface area contributed by atoms with Crippen LogP contribution in [0.1, 0.15) is 28.3 Å². The van der Waals surface area contributed by atoms with Gasteiger partial charge in [0.15, 0.2) is 0 Å². The van der Waals surface area contributed by atoms with Gasteiger partial charge in [0.25, 0.3) is 0 Å². The molecule has 0 aromatic heterocycles. The summed E-state index contributed by atoms with van der Waals surface area (Å²) in [6.45, 7) is 8.09. The minimum absolute atomic E-state index is 0.0785. The largest absolute Gasteiger partial charge is 0.496 e. The zero-order valence-corrected chi connectivity index (χ0v) is 17.5. The molecule has 1 N–H and O–H groups in total. The van der Waals surface area contributed by atoms with Crippen LogP contribution in [0.4, 0.5) is 0 Å². The third-order valence-electron chi connectivity index (χ3n) is 5.14. The SMILES string of the molecule is COc1ccc(C)cc1/C=C/C(=O)N[C@H](CN1CCOCC1)c1ccc(C)cc1. The molecular weight excluding hydrogens is 364 g/mol. The molecule has 1 atom stereocenters. The molecule has 1 aliphatic heterocycles. The normalized spacial score (nSPS) is 16.0. The standard InChI is InChI=1S/C24H30N2O3/c1-18-4-7-20(8-5-18)22(17-26-12-14-29-15-13-26)25-24(27)11-9-21-16-19(2)6-10-23(21)28-3/h4-11,16,22H,12-15,17H2,1-3H3,(H,25,27)/b11-9+/t22-/m1/s1. The fourth-order valence-corrected chi connectivity index (χ4v) is 3.44. The number of nitrogens with one attached hydrogen (secondary N) is 1. The fraction of sp³-hybridized carbons (Fsp3) is 0.375. The monoisotopic (exact) mass is 394 g/mol. The second kappa shape index (κ2) is 10.2. The minimum atomic E-state index is -0.118. The van der Waals surface area contributed by atoms with E-state index in [1.807, 2.05) is 31.2 Å². The minimum Gasteiger partial charge on any atom is -0.496 e. The molecule has 0 radical (unpaired) electrons. The molecular formula is C24H30N2O3. The molecule has 29 heavy (non-hydrogen) atoms. The van der Waals surface area contributed by atoms with Gasteiger partial charge in [-0.2, -0.15) is 0 Å². The topological polar surface area (TPSA) is 50.8 Å². The summed E-state index contributed by atoms with van der Waals surface area (Å²) in [5, 5.41) is 3.17. The van der Waals surface area contributed by atoms with E-state index in [0.29, 0.717) is 0 Å². The highest BCUT2D eigenvalue weighted by Gasteiger charge is 2.19. The molecule has 3 rings (SSSR count). The first-order valence-electron chi connectivity index (χ1n) is 10.0. The van der Waals surface area contributed by atoms with E-state index < -0.39 is 0 Å². The van der Waals surface area contributed by atoms with Crippen molar-refractivity contribution in [2.24, 2.45) is 0 Å². The second-order valence-corrected chi connectivity index (χ2v) is 7.46. The zero-order chi connectivity index (χ0) is 20.6. The van der Waals surface area contributed by atoms with E-state index in [-0.39, 0.29) is 11.9 Å². The maximum absolute atomic E-state index is 12.7. The number of aryl methyl sites for hydroxylation is 2. The first-order valence-corrected chi connectivity index (χ1v) is 10.0. The van der Waals surface area contributed by atoms with Crippen molar-refractivity contribution in [3.05, 3.63) is 70.8 Å². The summed E-state index contributed by atoms with van der Waals surface area (Å²) in [5.74, 6) is 0.635. The van der Waals surface area contributed by atoms with Gasteiger partial charge < -0.3 is 14.8 Å². The smallest absolute Gasteiger partial charge is 0.244 e. The Balaban J connectivity index is 1.73. The Kier molecular flexibility index (Phi) is 7.44. The van der Waals surface area contributed by atoms with Crippen LogP contribution in [0.15, 0.2) is 48.5 Å². The van der Waals surface area contributed by atoms with Gasteiger partial charge in [-0.1, -0.05) is 41.5 Å². The number of morpholine rings is 1. The highest BCUT2D eigenvalue weighted by atomic mass is 16.5. The van der Waals surface area contributed by atoms with Gasteiger partial charge in [0, 0.05) is 31.3 Å². The molecule has 1 amide bonds. The number of nitrogens with zero attached hydrogens (tertiary/aromatic N) is 1. The van der Waals surface area contributed by atoms with Crippen molar-refractivity contribution in [3.63, 3.8) is 0 Å².